The molecule has 0 spiro atoms. The van der Waals surface area contributed by atoms with E-state index >= 15 is 0 Å². The molecule has 0 amide bonds. The molecule has 2 fully saturated rings. The summed E-state index contributed by atoms with van der Waals surface area (Å²) in [6.45, 7) is 10.2. The normalized spacial score (nSPS) is 22.8. The van der Waals surface area contributed by atoms with Crippen LogP contribution < -0.4 is 4.90 Å². The fraction of sp³-hybridized carbons (Fsp3) is 0.700. The Bertz CT molecular complexity index is 570. The number of aromatic nitrogens is 1. The molecule has 3 rings (SSSR count). The highest BCUT2D eigenvalue weighted by atomic mass is 16.5. The summed E-state index contributed by atoms with van der Waals surface area (Å²) >= 11 is 0. The fourth-order valence-corrected chi connectivity index (χ4v) is 4.03. The Morgan fingerprint density at radius 2 is 2.08 bits per heavy atom. The molecule has 0 saturated carbocycles. The van der Waals surface area contributed by atoms with Crippen molar-refractivity contribution in [2.75, 3.05) is 44.2 Å². The van der Waals surface area contributed by atoms with Gasteiger partial charge in [-0.3, -0.25) is 0 Å². The Morgan fingerprint density at radius 1 is 1.28 bits per heavy atom. The molecule has 1 unspecified atom stereocenters. The summed E-state index contributed by atoms with van der Waals surface area (Å²) in [5.74, 6) is 2.05. The third-order valence-corrected chi connectivity index (χ3v) is 5.49. The van der Waals surface area contributed by atoms with Gasteiger partial charge in [0.15, 0.2) is 0 Å². The van der Waals surface area contributed by atoms with E-state index in [-0.39, 0.29) is 5.97 Å². The van der Waals surface area contributed by atoms with E-state index in [4.69, 9.17) is 4.74 Å². The lowest BCUT2D eigenvalue weighted by Gasteiger charge is -2.38. The Labute approximate surface area is 151 Å². The Hall–Kier alpha value is -1.62. The van der Waals surface area contributed by atoms with E-state index in [1.54, 1.807) is 6.20 Å². The summed E-state index contributed by atoms with van der Waals surface area (Å²) in [7, 11) is 0. The standard InChI is InChI=1S/C20H31N3O2/c1-3-25-20(24)18-7-4-10-21-19(18)23-11-5-6-17(15-23)14-22-12-8-16(2)9-13-22/h4,7,10,16-17H,3,5-6,8-9,11-15H2,1-2H3. The Balaban J connectivity index is 1.64. The number of rotatable bonds is 5. The molecule has 3 heterocycles. The zero-order valence-corrected chi connectivity index (χ0v) is 15.6. The number of likely N-dealkylation sites (tertiary alicyclic amines) is 1. The van der Waals surface area contributed by atoms with Crippen LogP contribution in [0.2, 0.25) is 0 Å². The van der Waals surface area contributed by atoms with E-state index in [2.05, 4.69) is 21.7 Å². The largest absolute Gasteiger partial charge is 0.462 e. The number of carbonyl (C=O) groups excluding carboxylic acids is 1. The minimum absolute atomic E-state index is 0.266. The molecule has 5 heteroatoms. The molecule has 1 aromatic heterocycles. The zero-order valence-electron chi connectivity index (χ0n) is 15.6. The lowest BCUT2D eigenvalue weighted by atomic mass is 9.94. The Kier molecular flexibility index (Phi) is 6.29. The van der Waals surface area contributed by atoms with Crippen molar-refractivity contribution in [3.8, 4) is 0 Å². The van der Waals surface area contributed by atoms with Gasteiger partial charge in [0.1, 0.15) is 11.4 Å². The van der Waals surface area contributed by atoms with Gasteiger partial charge in [-0.25, -0.2) is 9.78 Å². The summed E-state index contributed by atoms with van der Waals surface area (Å²) in [5, 5.41) is 0. The monoisotopic (exact) mass is 345 g/mol. The third-order valence-electron chi connectivity index (χ3n) is 5.49. The topological polar surface area (TPSA) is 45.7 Å². The van der Waals surface area contributed by atoms with Gasteiger partial charge < -0.3 is 14.5 Å². The maximum Gasteiger partial charge on any atom is 0.341 e. The number of esters is 1. The summed E-state index contributed by atoms with van der Waals surface area (Å²) in [6, 6.07) is 3.64. The first-order valence-corrected chi connectivity index (χ1v) is 9.76. The highest BCUT2D eigenvalue weighted by molar-refractivity contribution is 5.94. The summed E-state index contributed by atoms with van der Waals surface area (Å²) < 4.78 is 5.20. The highest BCUT2D eigenvalue weighted by Gasteiger charge is 2.27. The average Bonchev–Trinajstić information content (AvgIpc) is 2.64. The molecule has 2 saturated heterocycles. The van der Waals surface area contributed by atoms with E-state index in [1.165, 1.54) is 38.9 Å². The van der Waals surface area contributed by atoms with Crippen LogP contribution in [-0.2, 0) is 4.74 Å². The molecule has 5 nitrogen and oxygen atoms in total. The van der Waals surface area contributed by atoms with Crippen molar-refractivity contribution in [2.45, 2.75) is 39.5 Å². The van der Waals surface area contributed by atoms with E-state index in [0.717, 1.165) is 31.2 Å². The maximum atomic E-state index is 12.2. The summed E-state index contributed by atoms with van der Waals surface area (Å²) in [4.78, 5) is 21.7. The second kappa shape index (κ2) is 8.65. The first-order chi connectivity index (χ1) is 12.2. The van der Waals surface area contributed by atoms with Gasteiger partial charge in [0.05, 0.1) is 6.61 Å². The van der Waals surface area contributed by atoms with Crippen LogP contribution in [0.25, 0.3) is 0 Å². The van der Waals surface area contributed by atoms with Crippen LogP contribution in [0.4, 0.5) is 5.82 Å². The minimum atomic E-state index is -0.266. The van der Waals surface area contributed by atoms with Crippen LogP contribution in [-0.4, -0.2) is 55.2 Å². The van der Waals surface area contributed by atoms with Crippen LogP contribution in [0.3, 0.4) is 0 Å². The fourth-order valence-electron chi connectivity index (χ4n) is 4.03. The molecular formula is C20H31N3O2. The van der Waals surface area contributed by atoms with E-state index in [1.807, 2.05) is 19.1 Å². The van der Waals surface area contributed by atoms with Crippen molar-refractivity contribution in [2.24, 2.45) is 11.8 Å². The molecular weight excluding hydrogens is 314 g/mol. The molecule has 0 N–H and O–H groups in total. The predicted octanol–water partition coefficient (Wildman–Crippen LogP) is 3.21. The van der Waals surface area contributed by atoms with Crippen LogP contribution in [0.15, 0.2) is 18.3 Å². The Morgan fingerprint density at radius 3 is 2.84 bits per heavy atom. The van der Waals surface area contributed by atoms with Gasteiger partial charge in [0, 0.05) is 25.8 Å². The molecule has 138 valence electrons. The molecule has 0 radical (unpaired) electrons. The number of ether oxygens (including phenoxy) is 1. The van der Waals surface area contributed by atoms with Gasteiger partial charge in [-0.2, -0.15) is 0 Å². The first-order valence-electron chi connectivity index (χ1n) is 9.76. The number of nitrogens with zero attached hydrogens (tertiary/aromatic N) is 3. The number of hydrogen-bond donors (Lipinski definition) is 0. The SMILES string of the molecule is CCOC(=O)c1cccnc1N1CCCC(CN2CCC(C)CC2)C1. The second-order valence-electron chi connectivity index (χ2n) is 7.53. The van der Waals surface area contributed by atoms with Gasteiger partial charge in [0.25, 0.3) is 0 Å². The summed E-state index contributed by atoms with van der Waals surface area (Å²) in [6.07, 6.45) is 6.85. The van der Waals surface area contributed by atoms with Gasteiger partial charge >= 0.3 is 5.97 Å². The van der Waals surface area contributed by atoms with Crippen molar-refractivity contribution >= 4 is 11.8 Å². The van der Waals surface area contributed by atoms with Crippen LogP contribution >= 0.6 is 0 Å². The smallest absolute Gasteiger partial charge is 0.341 e. The molecule has 2 aliphatic rings. The molecule has 25 heavy (non-hydrogen) atoms. The van der Waals surface area contributed by atoms with Gasteiger partial charge in [0.2, 0.25) is 0 Å². The minimum Gasteiger partial charge on any atom is -0.462 e. The number of pyridine rings is 1. The molecule has 1 aromatic rings. The first kappa shape index (κ1) is 18.2. The van der Waals surface area contributed by atoms with E-state index in [0.29, 0.717) is 18.1 Å². The molecule has 0 aromatic carbocycles. The number of anilines is 1. The van der Waals surface area contributed by atoms with Crippen LogP contribution in [0, 0.1) is 11.8 Å². The van der Waals surface area contributed by atoms with Crippen molar-refractivity contribution < 1.29 is 9.53 Å². The van der Waals surface area contributed by atoms with Gasteiger partial charge in [-0.1, -0.05) is 6.92 Å². The molecule has 0 aliphatic carbocycles. The number of carbonyl (C=O) groups is 1. The summed E-state index contributed by atoms with van der Waals surface area (Å²) in [5.41, 5.74) is 0.594. The van der Waals surface area contributed by atoms with Gasteiger partial charge in [-0.15, -0.1) is 0 Å². The van der Waals surface area contributed by atoms with E-state index in [9.17, 15) is 4.79 Å². The van der Waals surface area contributed by atoms with Crippen molar-refractivity contribution in [3.63, 3.8) is 0 Å². The van der Waals surface area contributed by atoms with Crippen molar-refractivity contribution in [1.29, 1.82) is 0 Å². The van der Waals surface area contributed by atoms with Crippen LogP contribution in [0.1, 0.15) is 49.9 Å². The lowest BCUT2D eigenvalue weighted by Crippen LogP contribution is -2.43. The highest BCUT2D eigenvalue weighted by Crippen LogP contribution is 2.26. The molecule has 2 aliphatic heterocycles. The quantitative estimate of drug-likeness (QED) is 0.767. The molecule has 0 bridgehead atoms. The second-order valence-corrected chi connectivity index (χ2v) is 7.53. The van der Waals surface area contributed by atoms with Crippen molar-refractivity contribution in [1.82, 2.24) is 9.88 Å². The third kappa shape index (κ3) is 4.72. The number of hydrogen-bond acceptors (Lipinski definition) is 5. The van der Waals surface area contributed by atoms with Crippen LogP contribution in [0.5, 0.6) is 0 Å². The lowest BCUT2D eigenvalue weighted by molar-refractivity contribution is 0.0526. The molecule has 1 atom stereocenters. The number of piperidine rings is 2. The predicted molar refractivity (Wildman–Crippen MR) is 100.0 cm³/mol. The average molecular weight is 345 g/mol. The zero-order chi connectivity index (χ0) is 17.6. The van der Waals surface area contributed by atoms with E-state index < -0.39 is 0 Å². The van der Waals surface area contributed by atoms with Crippen molar-refractivity contribution in [3.05, 3.63) is 23.9 Å². The van der Waals surface area contributed by atoms with Gasteiger partial charge in [-0.05, 0) is 69.7 Å². The maximum absolute atomic E-state index is 12.2.